The number of likely N-dealkylation sites (N-methyl/N-ethyl adjacent to an activating group) is 1. The Morgan fingerprint density at radius 3 is 2.32 bits per heavy atom. The molecule has 2 aliphatic rings. The van der Waals surface area contributed by atoms with Crippen LogP contribution in [0.4, 0.5) is 5.82 Å². The molecule has 1 saturated carbocycles. The number of aromatic nitrogens is 1. The number of anilines is 1. The maximum atomic E-state index is 14.0. The van der Waals surface area contributed by atoms with Gasteiger partial charge in [0, 0.05) is 24.0 Å². The molecule has 1 aromatic heterocycles. The van der Waals surface area contributed by atoms with E-state index in [1.165, 1.54) is 37.7 Å². The molecule has 5 heteroatoms. The summed E-state index contributed by atoms with van der Waals surface area (Å²) >= 11 is 0. The number of rotatable bonds is 6. The van der Waals surface area contributed by atoms with E-state index in [0.29, 0.717) is 0 Å². The van der Waals surface area contributed by atoms with Crippen molar-refractivity contribution in [1.29, 1.82) is 0 Å². The fourth-order valence-electron chi connectivity index (χ4n) is 6.00. The van der Waals surface area contributed by atoms with Gasteiger partial charge in [-0.25, -0.2) is 4.98 Å². The van der Waals surface area contributed by atoms with E-state index in [4.69, 9.17) is 4.98 Å². The molecule has 1 atom stereocenters. The third kappa shape index (κ3) is 4.29. The zero-order chi connectivity index (χ0) is 23.5. The second-order valence-corrected chi connectivity index (χ2v) is 10.1. The van der Waals surface area contributed by atoms with Gasteiger partial charge >= 0.3 is 0 Å². The maximum absolute atomic E-state index is 14.0. The van der Waals surface area contributed by atoms with Crippen molar-refractivity contribution >= 4 is 22.6 Å². The average molecular weight is 457 g/mol. The zero-order valence-corrected chi connectivity index (χ0v) is 20.5. The standard InChI is InChI=1S/C29H36N4O/c1-32(2)29(17-9-10-18-29)27(22-13-5-3-6-14-22)31-28(34)24-21-26(33-19-11-4-12-20-33)30-25-16-8-7-15-23(24)25/h3,5-8,13-16,21,27H,4,9-12,17-20H2,1-2H3,(H,31,34). The van der Waals surface area contributed by atoms with Crippen molar-refractivity contribution in [3.63, 3.8) is 0 Å². The number of piperidine rings is 1. The quantitative estimate of drug-likeness (QED) is 0.527. The summed E-state index contributed by atoms with van der Waals surface area (Å²) in [5.41, 5.74) is 2.69. The topological polar surface area (TPSA) is 48.5 Å². The van der Waals surface area contributed by atoms with E-state index < -0.39 is 0 Å². The zero-order valence-electron chi connectivity index (χ0n) is 20.5. The lowest BCUT2D eigenvalue weighted by Crippen LogP contribution is -2.53. The first-order valence-corrected chi connectivity index (χ1v) is 12.8. The molecule has 1 aliphatic heterocycles. The minimum Gasteiger partial charge on any atom is -0.357 e. The van der Waals surface area contributed by atoms with Crippen molar-refractivity contribution in [3.8, 4) is 0 Å². The van der Waals surface area contributed by atoms with Crippen molar-refractivity contribution in [1.82, 2.24) is 15.2 Å². The lowest BCUT2D eigenvalue weighted by atomic mass is 9.82. The first kappa shape index (κ1) is 22.9. The Kier molecular flexibility index (Phi) is 6.55. The molecule has 1 N–H and O–H groups in total. The molecular weight excluding hydrogens is 420 g/mol. The van der Waals surface area contributed by atoms with Gasteiger partial charge in [-0.1, -0.05) is 61.4 Å². The van der Waals surface area contributed by atoms with Crippen molar-refractivity contribution in [3.05, 3.63) is 71.8 Å². The van der Waals surface area contributed by atoms with Gasteiger partial charge in [0.05, 0.1) is 17.1 Å². The van der Waals surface area contributed by atoms with E-state index in [-0.39, 0.29) is 17.5 Å². The van der Waals surface area contributed by atoms with E-state index in [1.54, 1.807) is 0 Å². The van der Waals surface area contributed by atoms with Crippen LogP contribution in [0.1, 0.15) is 66.9 Å². The van der Waals surface area contributed by atoms with Crippen LogP contribution in [0.2, 0.25) is 0 Å². The second kappa shape index (κ2) is 9.75. The van der Waals surface area contributed by atoms with E-state index >= 15 is 0 Å². The van der Waals surface area contributed by atoms with Gasteiger partial charge in [-0.2, -0.15) is 0 Å². The van der Waals surface area contributed by atoms with E-state index in [2.05, 4.69) is 53.5 Å². The number of amides is 1. The summed E-state index contributed by atoms with van der Waals surface area (Å²) in [5, 5.41) is 4.42. The van der Waals surface area contributed by atoms with Gasteiger partial charge in [0.25, 0.3) is 5.91 Å². The molecule has 5 nitrogen and oxygen atoms in total. The molecule has 0 radical (unpaired) electrons. The first-order chi connectivity index (χ1) is 16.6. The fraction of sp³-hybridized carbons (Fsp3) is 0.448. The van der Waals surface area contributed by atoms with Crippen LogP contribution < -0.4 is 10.2 Å². The predicted molar refractivity (Wildman–Crippen MR) is 139 cm³/mol. The molecule has 0 spiro atoms. The number of fused-ring (bicyclic) bond motifs is 1. The maximum Gasteiger partial charge on any atom is 0.252 e. The van der Waals surface area contributed by atoms with Crippen LogP contribution in [0, 0.1) is 0 Å². The minimum atomic E-state index is -0.0878. The summed E-state index contributed by atoms with van der Waals surface area (Å²) in [6.07, 6.45) is 8.16. The average Bonchev–Trinajstić information content (AvgIpc) is 3.39. The monoisotopic (exact) mass is 456 g/mol. The van der Waals surface area contributed by atoms with Crippen LogP contribution in [0.15, 0.2) is 60.7 Å². The summed E-state index contributed by atoms with van der Waals surface area (Å²) in [6.45, 7) is 2.01. The summed E-state index contributed by atoms with van der Waals surface area (Å²) in [7, 11) is 4.31. The molecule has 5 rings (SSSR count). The van der Waals surface area contributed by atoms with Crippen molar-refractivity contribution < 1.29 is 4.79 Å². The number of nitrogens with one attached hydrogen (secondary N) is 1. The lowest BCUT2D eigenvalue weighted by Gasteiger charge is -2.44. The van der Waals surface area contributed by atoms with Gasteiger partial charge in [0.1, 0.15) is 5.82 Å². The van der Waals surface area contributed by atoms with Gasteiger partial charge in [-0.3, -0.25) is 4.79 Å². The number of nitrogens with zero attached hydrogens (tertiary/aromatic N) is 3. The summed E-state index contributed by atoms with van der Waals surface area (Å²) in [4.78, 5) is 23.6. The van der Waals surface area contributed by atoms with Gasteiger partial charge in [-0.05, 0) is 63.9 Å². The van der Waals surface area contributed by atoms with Crippen LogP contribution in [0.3, 0.4) is 0 Å². The first-order valence-electron chi connectivity index (χ1n) is 12.8. The number of pyridine rings is 1. The third-order valence-electron chi connectivity index (χ3n) is 7.93. The summed E-state index contributed by atoms with van der Waals surface area (Å²) in [5.74, 6) is 0.904. The van der Waals surface area contributed by atoms with Gasteiger partial charge in [-0.15, -0.1) is 0 Å². The lowest BCUT2D eigenvalue weighted by molar-refractivity contribution is 0.0767. The Bertz CT molecular complexity index is 1130. The highest BCUT2D eigenvalue weighted by molar-refractivity contribution is 6.07. The van der Waals surface area contributed by atoms with E-state index in [1.807, 2.05) is 36.4 Å². The third-order valence-corrected chi connectivity index (χ3v) is 7.93. The number of carbonyl (C=O) groups excluding carboxylic acids is 1. The summed E-state index contributed by atoms with van der Waals surface area (Å²) < 4.78 is 0. The molecule has 2 aromatic carbocycles. The number of carbonyl (C=O) groups is 1. The van der Waals surface area contributed by atoms with Crippen LogP contribution in [0.5, 0.6) is 0 Å². The number of hydrogen-bond donors (Lipinski definition) is 1. The molecular formula is C29H36N4O. The highest BCUT2D eigenvalue weighted by atomic mass is 16.1. The molecule has 178 valence electrons. The highest BCUT2D eigenvalue weighted by Gasteiger charge is 2.44. The van der Waals surface area contributed by atoms with E-state index in [9.17, 15) is 4.79 Å². The molecule has 0 bridgehead atoms. The molecule has 1 saturated heterocycles. The van der Waals surface area contributed by atoms with E-state index in [0.717, 1.165) is 48.2 Å². The number of para-hydroxylation sites is 1. The minimum absolute atomic E-state index is 0.0150. The molecule has 2 heterocycles. The Labute approximate surface area is 203 Å². The number of hydrogen-bond acceptors (Lipinski definition) is 4. The van der Waals surface area contributed by atoms with Gasteiger partial charge < -0.3 is 15.1 Å². The van der Waals surface area contributed by atoms with Crippen molar-refractivity contribution in [2.45, 2.75) is 56.5 Å². The molecule has 1 unspecified atom stereocenters. The van der Waals surface area contributed by atoms with Gasteiger partial charge in [0.2, 0.25) is 0 Å². The Hall–Kier alpha value is -2.92. The Morgan fingerprint density at radius 2 is 1.62 bits per heavy atom. The van der Waals surface area contributed by atoms with Crippen LogP contribution >= 0.6 is 0 Å². The number of benzene rings is 2. The largest absolute Gasteiger partial charge is 0.357 e. The molecule has 1 aliphatic carbocycles. The summed E-state index contributed by atoms with van der Waals surface area (Å²) in [6, 6.07) is 20.5. The van der Waals surface area contributed by atoms with Crippen LogP contribution in [-0.2, 0) is 0 Å². The molecule has 1 amide bonds. The smallest absolute Gasteiger partial charge is 0.252 e. The Balaban J connectivity index is 1.55. The highest BCUT2D eigenvalue weighted by Crippen LogP contribution is 2.43. The molecule has 3 aromatic rings. The van der Waals surface area contributed by atoms with Crippen LogP contribution in [-0.4, -0.2) is 48.5 Å². The molecule has 2 fully saturated rings. The normalized spacial score (nSPS) is 18.9. The SMILES string of the molecule is CN(C)C1(C(NC(=O)c2cc(N3CCCCC3)nc3ccccc23)c2ccccc2)CCCC1. The van der Waals surface area contributed by atoms with Crippen molar-refractivity contribution in [2.24, 2.45) is 0 Å². The second-order valence-electron chi connectivity index (χ2n) is 10.1. The van der Waals surface area contributed by atoms with Crippen LogP contribution in [0.25, 0.3) is 10.9 Å². The molecule has 34 heavy (non-hydrogen) atoms. The van der Waals surface area contributed by atoms with Crippen molar-refractivity contribution in [2.75, 3.05) is 32.1 Å². The Morgan fingerprint density at radius 1 is 0.941 bits per heavy atom. The fourth-order valence-corrected chi connectivity index (χ4v) is 6.00. The predicted octanol–water partition coefficient (Wildman–Crippen LogP) is 5.57. The van der Waals surface area contributed by atoms with Gasteiger partial charge in [0.15, 0.2) is 0 Å².